The molecule has 7 nitrogen and oxygen atoms in total. The highest BCUT2D eigenvalue weighted by atomic mass is 32.2. The van der Waals surface area contributed by atoms with Crippen molar-refractivity contribution in [3.8, 4) is 11.5 Å². The number of hydrogen-bond acceptors (Lipinski definition) is 6. The summed E-state index contributed by atoms with van der Waals surface area (Å²) in [4.78, 5) is 0.120. The van der Waals surface area contributed by atoms with Gasteiger partial charge in [-0.3, -0.25) is 5.43 Å². The molecule has 9 heteroatoms. The van der Waals surface area contributed by atoms with Crippen LogP contribution in [-0.2, 0) is 10.1 Å². The molecule has 2 aromatic carbocycles. The number of methoxy groups -OCH3 is 1. The first-order chi connectivity index (χ1) is 13.8. The van der Waals surface area contributed by atoms with Crippen LogP contribution in [0.4, 0.5) is 0 Å². The Morgan fingerprint density at radius 1 is 1.21 bits per heavy atom. The van der Waals surface area contributed by atoms with Crippen molar-refractivity contribution in [3.63, 3.8) is 0 Å². The van der Waals surface area contributed by atoms with Crippen LogP contribution in [0.5, 0.6) is 11.5 Å². The monoisotopic (exact) mass is 433 g/mol. The summed E-state index contributed by atoms with van der Waals surface area (Å²) in [5.74, 6) is 0.344. The number of hydrogen-bond donors (Lipinski definition) is 2. The number of nitrogens with zero attached hydrogens (tertiary/aromatic N) is 1. The Labute approximate surface area is 176 Å². The predicted octanol–water partition coefficient (Wildman–Crippen LogP) is 3.06. The van der Waals surface area contributed by atoms with Crippen LogP contribution in [0.15, 0.2) is 59.1 Å². The molecule has 0 unspecified atom stereocenters. The van der Waals surface area contributed by atoms with Crippen LogP contribution >= 0.6 is 12.2 Å². The standard InChI is InChI=1S/C20H23N3O4S2/c1-5-10-21-20(28)23-22-13-16-8-9-17(18(12-16)26-4)27-29(24,25)19-11-14(2)6-7-15(19)3/h5-9,11-13H,1,10H2,2-4H3,(H2,21,23,28). The van der Waals surface area contributed by atoms with Crippen LogP contribution in [0.2, 0.25) is 0 Å². The van der Waals surface area contributed by atoms with Gasteiger partial charge in [0.05, 0.1) is 13.3 Å². The van der Waals surface area contributed by atoms with Crippen molar-refractivity contribution in [1.82, 2.24) is 10.7 Å². The van der Waals surface area contributed by atoms with Gasteiger partial charge in [0.2, 0.25) is 0 Å². The molecule has 0 amide bonds. The first kappa shape index (κ1) is 22.4. The maximum Gasteiger partial charge on any atom is 0.339 e. The zero-order chi connectivity index (χ0) is 21.4. The first-order valence-corrected chi connectivity index (χ1v) is 10.5. The molecule has 2 rings (SSSR count). The molecule has 0 aliphatic heterocycles. The number of hydrazone groups is 1. The number of aryl methyl sites for hydroxylation is 2. The molecule has 0 radical (unpaired) electrons. The van der Waals surface area contributed by atoms with E-state index in [2.05, 4.69) is 22.4 Å². The third kappa shape index (κ3) is 6.30. The smallest absolute Gasteiger partial charge is 0.339 e. The molecule has 2 aromatic rings. The zero-order valence-corrected chi connectivity index (χ0v) is 18.1. The van der Waals surface area contributed by atoms with Gasteiger partial charge in [-0.15, -0.1) is 6.58 Å². The maximum atomic E-state index is 12.7. The fraction of sp³-hybridized carbons (Fsp3) is 0.200. The number of rotatable bonds is 8. The van der Waals surface area contributed by atoms with Gasteiger partial charge < -0.3 is 14.2 Å². The van der Waals surface area contributed by atoms with Crippen LogP contribution in [0.25, 0.3) is 0 Å². The Bertz CT molecular complexity index is 1030. The predicted molar refractivity (Wildman–Crippen MR) is 118 cm³/mol. The van der Waals surface area contributed by atoms with Gasteiger partial charge in [0.1, 0.15) is 4.90 Å². The minimum absolute atomic E-state index is 0.0849. The van der Waals surface area contributed by atoms with Crippen LogP contribution in [0.1, 0.15) is 16.7 Å². The Hall–Kier alpha value is -2.91. The van der Waals surface area contributed by atoms with Crippen LogP contribution in [0, 0.1) is 13.8 Å². The number of nitrogens with one attached hydrogen (secondary N) is 2. The van der Waals surface area contributed by atoms with Crippen LogP contribution in [-0.4, -0.2) is 33.4 Å². The van der Waals surface area contributed by atoms with Gasteiger partial charge >= 0.3 is 10.1 Å². The van der Waals surface area contributed by atoms with Crippen molar-refractivity contribution in [2.24, 2.45) is 5.10 Å². The van der Waals surface area contributed by atoms with E-state index in [0.717, 1.165) is 5.56 Å². The van der Waals surface area contributed by atoms with Crippen molar-refractivity contribution >= 4 is 33.7 Å². The Morgan fingerprint density at radius 2 is 1.97 bits per heavy atom. The summed E-state index contributed by atoms with van der Waals surface area (Å²) in [6, 6.07) is 9.94. The fourth-order valence-corrected chi connectivity index (χ4v) is 3.74. The molecule has 29 heavy (non-hydrogen) atoms. The lowest BCUT2D eigenvalue weighted by atomic mass is 10.2. The molecule has 0 spiro atoms. The quantitative estimate of drug-likeness (QED) is 0.217. The summed E-state index contributed by atoms with van der Waals surface area (Å²) >= 11 is 5.03. The fourth-order valence-electron chi connectivity index (χ4n) is 2.34. The normalized spacial score (nSPS) is 11.1. The van der Waals surface area contributed by atoms with E-state index in [1.54, 1.807) is 37.3 Å². The van der Waals surface area contributed by atoms with Gasteiger partial charge in [-0.1, -0.05) is 18.2 Å². The summed E-state index contributed by atoms with van der Waals surface area (Å²) in [7, 11) is -2.58. The van der Waals surface area contributed by atoms with Crippen molar-refractivity contribution in [3.05, 3.63) is 65.7 Å². The van der Waals surface area contributed by atoms with E-state index in [9.17, 15) is 8.42 Å². The summed E-state index contributed by atoms with van der Waals surface area (Å²) in [6.07, 6.45) is 3.20. The van der Waals surface area contributed by atoms with E-state index in [4.69, 9.17) is 21.1 Å². The van der Waals surface area contributed by atoms with E-state index >= 15 is 0 Å². The van der Waals surface area contributed by atoms with Crippen molar-refractivity contribution in [1.29, 1.82) is 0 Å². The molecule has 0 aliphatic rings. The highest BCUT2D eigenvalue weighted by molar-refractivity contribution is 7.87. The molecule has 0 atom stereocenters. The van der Waals surface area contributed by atoms with Gasteiger partial charge in [-0.05, 0) is 67.0 Å². The topological polar surface area (TPSA) is 89.0 Å². The van der Waals surface area contributed by atoms with Crippen molar-refractivity contribution < 1.29 is 17.3 Å². The molecule has 0 bridgehead atoms. The second-order valence-corrected chi connectivity index (χ2v) is 8.01. The van der Waals surface area contributed by atoms with Crippen LogP contribution < -0.4 is 19.7 Å². The van der Waals surface area contributed by atoms with Crippen LogP contribution in [0.3, 0.4) is 0 Å². The van der Waals surface area contributed by atoms with Crippen molar-refractivity contribution in [2.75, 3.05) is 13.7 Å². The second-order valence-electron chi connectivity index (χ2n) is 6.09. The molecule has 0 aromatic heterocycles. The van der Waals surface area contributed by atoms with E-state index in [1.807, 2.05) is 13.0 Å². The lowest BCUT2D eigenvalue weighted by Crippen LogP contribution is -2.31. The van der Waals surface area contributed by atoms with E-state index in [0.29, 0.717) is 22.8 Å². The lowest BCUT2D eigenvalue weighted by Gasteiger charge is -2.13. The third-order valence-electron chi connectivity index (χ3n) is 3.79. The number of thiocarbonyl (C=S) groups is 1. The zero-order valence-electron chi connectivity index (χ0n) is 16.4. The number of ether oxygens (including phenoxy) is 1. The molecule has 2 N–H and O–H groups in total. The number of benzene rings is 2. The van der Waals surface area contributed by atoms with E-state index in [-0.39, 0.29) is 16.4 Å². The van der Waals surface area contributed by atoms with Gasteiger partial charge in [0.15, 0.2) is 16.6 Å². The molecule has 0 saturated heterocycles. The minimum Gasteiger partial charge on any atom is -0.493 e. The lowest BCUT2D eigenvalue weighted by molar-refractivity contribution is 0.390. The molecule has 0 fully saturated rings. The first-order valence-electron chi connectivity index (χ1n) is 8.64. The summed E-state index contributed by atoms with van der Waals surface area (Å²) in [5, 5.41) is 7.25. The van der Waals surface area contributed by atoms with Gasteiger partial charge in [-0.25, -0.2) is 0 Å². The van der Waals surface area contributed by atoms with E-state index in [1.165, 1.54) is 19.4 Å². The summed E-state index contributed by atoms with van der Waals surface area (Å²) < 4.78 is 36.1. The Kier molecular flexibility index (Phi) is 7.74. The largest absolute Gasteiger partial charge is 0.493 e. The minimum atomic E-state index is -4.01. The highest BCUT2D eigenvalue weighted by Gasteiger charge is 2.21. The molecule has 0 heterocycles. The summed E-state index contributed by atoms with van der Waals surface area (Å²) in [6.45, 7) is 7.64. The van der Waals surface area contributed by atoms with Crippen molar-refractivity contribution in [2.45, 2.75) is 18.7 Å². The Balaban J connectivity index is 2.19. The Morgan fingerprint density at radius 3 is 2.66 bits per heavy atom. The average Bonchev–Trinajstić information content (AvgIpc) is 2.68. The maximum absolute atomic E-state index is 12.7. The molecule has 0 saturated carbocycles. The molecular formula is C20H23N3O4S2. The summed E-state index contributed by atoms with van der Waals surface area (Å²) in [5.41, 5.74) is 4.75. The average molecular weight is 434 g/mol. The SMILES string of the molecule is C=CCNC(=S)NN=Cc1ccc(OS(=O)(=O)c2cc(C)ccc2C)c(OC)c1. The third-order valence-corrected chi connectivity index (χ3v) is 5.40. The highest BCUT2D eigenvalue weighted by Crippen LogP contribution is 2.31. The van der Waals surface area contributed by atoms with Gasteiger partial charge in [0, 0.05) is 6.54 Å². The van der Waals surface area contributed by atoms with Gasteiger partial charge in [-0.2, -0.15) is 13.5 Å². The molecular weight excluding hydrogens is 410 g/mol. The molecule has 0 aliphatic carbocycles. The van der Waals surface area contributed by atoms with E-state index < -0.39 is 10.1 Å². The second kappa shape index (κ2) is 10.0. The van der Waals surface area contributed by atoms with Gasteiger partial charge in [0.25, 0.3) is 0 Å². The molecule has 154 valence electrons.